The second kappa shape index (κ2) is 8.65. The Morgan fingerprint density at radius 1 is 1.07 bits per heavy atom. The summed E-state index contributed by atoms with van der Waals surface area (Å²) < 4.78 is 5.36. The zero-order valence-corrected chi connectivity index (χ0v) is 16.4. The molecule has 28 heavy (non-hydrogen) atoms. The predicted molar refractivity (Wildman–Crippen MR) is 110 cm³/mol. The zero-order chi connectivity index (χ0) is 20.1. The van der Waals surface area contributed by atoms with Crippen LogP contribution in [0.4, 0.5) is 0 Å². The molecule has 0 unspecified atom stereocenters. The molecule has 0 saturated heterocycles. The van der Waals surface area contributed by atoms with E-state index in [0.717, 1.165) is 58.8 Å². The summed E-state index contributed by atoms with van der Waals surface area (Å²) in [5, 5.41) is 9.16. The largest absolute Gasteiger partial charge is 0.496 e. The fraction of sp³-hybridized carbons (Fsp3) is 0.261. The first-order valence-electron chi connectivity index (χ1n) is 9.38. The van der Waals surface area contributed by atoms with Crippen molar-refractivity contribution in [1.82, 2.24) is 9.97 Å². The topological polar surface area (TPSA) is 72.3 Å². The van der Waals surface area contributed by atoms with Crippen LogP contribution in [0, 0.1) is 6.92 Å². The van der Waals surface area contributed by atoms with E-state index in [2.05, 4.69) is 6.92 Å². The second-order valence-corrected chi connectivity index (χ2v) is 6.73. The lowest BCUT2D eigenvalue weighted by Gasteiger charge is -2.13. The highest BCUT2D eigenvalue weighted by molar-refractivity contribution is 5.88. The maximum absolute atomic E-state index is 11.2. The van der Waals surface area contributed by atoms with Crippen molar-refractivity contribution in [2.24, 2.45) is 0 Å². The van der Waals surface area contributed by atoms with Crippen LogP contribution in [0.2, 0.25) is 0 Å². The third kappa shape index (κ3) is 4.19. The van der Waals surface area contributed by atoms with Crippen molar-refractivity contribution in [2.45, 2.75) is 33.1 Å². The highest BCUT2D eigenvalue weighted by Crippen LogP contribution is 2.32. The van der Waals surface area contributed by atoms with Crippen LogP contribution in [0.5, 0.6) is 5.75 Å². The maximum atomic E-state index is 11.2. The van der Waals surface area contributed by atoms with Crippen LogP contribution >= 0.6 is 0 Å². The third-order valence-corrected chi connectivity index (χ3v) is 4.68. The van der Waals surface area contributed by atoms with E-state index in [0.29, 0.717) is 0 Å². The van der Waals surface area contributed by atoms with Crippen LogP contribution in [-0.2, 0) is 6.42 Å². The van der Waals surface area contributed by atoms with Crippen LogP contribution in [0.15, 0.2) is 48.7 Å². The molecule has 0 aliphatic heterocycles. The SMILES string of the molecule is CCCCc1cnc(-c2ccc(OC)c(C)c2)c(-c2ccc(C(=O)O)cc2)n1. The van der Waals surface area contributed by atoms with Gasteiger partial charge in [0.1, 0.15) is 5.75 Å². The van der Waals surface area contributed by atoms with Crippen molar-refractivity contribution >= 4 is 5.97 Å². The van der Waals surface area contributed by atoms with E-state index < -0.39 is 5.97 Å². The molecular weight excluding hydrogens is 352 g/mol. The highest BCUT2D eigenvalue weighted by atomic mass is 16.5. The Morgan fingerprint density at radius 3 is 2.39 bits per heavy atom. The molecule has 1 N–H and O–H groups in total. The maximum Gasteiger partial charge on any atom is 0.335 e. The summed E-state index contributed by atoms with van der Waals surface area (Å²) in [6, 6.07) is 12.7. The Hall–Kier alpha value is -3.21. The lowest BCUT2D eigenvalue weighted by molar-refractivity contribution is 0.0697. The highest BCUT2D eigenvalue weighted by Gasteiger charge is 2.14. The Bertz CT molecular complexity index is 982. The van der Waals surface area contributed by atoms with Crippen molar-refractivity contribution in [3.05, 3.63) is 65.5 Å². The van der Waals surface area contributed by atoms with Crippen molar-refractivity contribution in [2.75, 3.05) is 7.11 Å². The average Bonchev–Trinajstić information content (AvgIpc) is 2.72. The molecular formula is C23H24N2O3. The number of benzene rings is 2. The molecule has 3 aromatic rings. The number of nitrogens with zero attached hydrogens (tertiary/aromatic N) is 2. The fourth-order valence-electron chi connectivity index (χ4n) is 3.11. The Morgan fingerprint density at radius 2 is 1.79 bits per heavy atom. The van der Waals surface area contributed by atoms with Gasteiger partial charge in [-0.05, 0) is 55.7 Å². The number of hydrogen-bond acceptors (Lipinski definition) is 4. The fourth-order valence-corrected chi connectivity index (χ4v) is 3.11. The lowest BCUT2D eigenvalue weighted by Crippen LogP contribution is -2.00. The summed E-state index contributed by atoms with van der Waals surface area (Å²) in [6.45, 7) is 4.14. The molecule has 1 aromatic heterocycles. The van der Waals surface area contributed by atoms with Gasteiger partial charge in [0.05, 0.1) is 29.8 Å². The summed E-state index contributed by atoms with van der Waals surface area (Å²) in [5.41, 5.74) is 5.53. The molecule has 5 heteroatoms. The van der Waals surface area contributed by atoms with Crippen LogP contribution in [0.1, 0.15) is 41.4 Å². The van der Waals surface area contributed by atoms with Gasteiger partial charge in [0, 0.05) is 17.3 Å². The molecule has 1 heterocycles. The number of aromatic nitrogens is 2. The first-order valence-corrected chi connectivity index (χ1v) is 9.38. The number of aromatic carboxylic acids is 1. The number of carboxylic acid groups (broad SMARTS) is 1. The van der Waals surface area contributed by atoms with Gasteiger partial charge in [-0.1, -0.05) is 25.5 Å². The molecule has 0 fully saturated rings. The monoisotopic (exact) mass is 376 g/mol. The van der Waals surface area contributed by atoms with Crippen LogP contribution < -0.4 is 4.74 Å². The Balaban J connectivity index is 2.11. The predicted octanol–water partition coefficient (Wildman–Crippen LogP) is 5.17. The number of hydrogen-bond donors (Lipinski definition) is 1. The van der Waals surface area contributed by atoms with Crippen molar-refractivity contribution in [1.29, 1.82) is 0 Å². The molecule has 3 rings (SSSR count). The van der Waals surface area contributed by atoms with Gasteiger partial charge in [-0.3, -0.25) is 4.98 Å². The number of carboxylic acids is 1. The summed E-state index contributed by atoms with van der Waals surface area (Å²) in [4.78, 5) is 20.7. The first kappa shape index (κ1) is 19.5. The number of aryl methyl sites for hydroxylation is 2. The number of rotatable bonds is 7. The zero-order valence-electron chi connectivity index (χ0n) is 16.4. The molecule has 0 saturated carbocycles. The van der Waals surface area contributed by atoms with Gasteiger partial charge >= 0.3 is 5.97 Å². The molecule has 2 aromatic carbocycles. The molecule has 0 atom stereocenters. The Labute approximate surface area is 165 Å². The van der Waals surface area contributed by atoms with Gasteiger partial charge in [0.2, 0.25) is 0 Å². The quantitative estimate of drug-likeness (QED) is 0.616. The molecule has 0 spiro atoms. The summed E-state index contributed by atoms with van der Waals surface area (Å²) in [5.74, 6) is -0.121. The van der Waals surface area contributed by atoms with E-state index in [4.69, 9.17) is 19.8 Å². The number of ether oxygens (including phenoxy) is 1. The van der Waals surface area contributed by atoms with Gasteiger partial charge in [-0.15, -0.1) is 0 Å². The lowest BCUT2D eigenvalue weighted by atomic mass is 10.0. The van der Waals surface area contributed by atoms with E-state index in [1.54, 1.807) is 31.4 Å². The molecule has 5 nitrogen and oxygen atoms in total. The molecule has 0 aliphatic carbocycles. The molecule has 0 radical (unpaired) electrons. The van der Waals surface area contributed by atoms with Gasteiger partial charge in [-0.2, -0.15) is 0 Å². The van der Waals surface area contributed by atoms with Crippen molar-refractivity contribution in [3.63, 3.8) is 0 Å². The normalized spacial score (nSPS) is 10.7. The second-order valence-electron chi connectivity index (χ2n) is 6.73. The van der Waals surface area contributed by atoms with Gasteiger partial charge in [-0.25, -0.2) is 9.78 Å². The Kier molecular flexibility index (Phi) is 6.04. The number of carbonyl (C=O) groups is 1. The standard InChI is InChI=1S/C23H24N2O3/c1-4-5-6-19-14-24-21(18-11-12-20(28-3)15(2)13-18)22(25-19)16-7-9-17(10-8-16)23(26)27/h7-14H,4-6H2,1-3H3,(H,26,27). The van der Waals surface area contributed by atoms with E-state index in [1.165, 1.54) is 0 Å². The van der Waals surface area contributed by atoms with Gasteiger partial charge < -0.3 is 9.84 Å². The van der Waals surface area contributed by atoms with Crippen LogP contribution in [0.3, 0.4) is 0 Å². The molecule has 144 valence electrons. The van der Waals surface area contributed by atoms with E-state index in [1.807, 2.05) is 31.3 Å². The van der Waals surface area contributed by atoms with Crippen molar-refractivity contribution < 1.29 is 14.6 Å². The minimum Gasteiger partial charge on any atom is -0.496 e. The number of unbranched alkanes of at least 4 members (excludes halogenated alkanes) is 1. The van der Waals surface area contributed by atoms with E-state index in [9.17, 15) is 4.79 Å². The van der Waals surface area contributed by atoms with Gasteiger partial charge in [0.15, 0.2) is 0 Å². The summed E-state index contributed by atoms with van der Waals surface area (Å²) >= 11 is 0. The van der Waals surface area contributed by atoms with Gasteiger partial charge in [0.25, 0.3) is 0 Å². The molecule has 0 bridgehead atoms. The summed E-state index contributed by atoms with van der Waals surface area (Å²) in [6.07, 6.45) is 4.84. The molecule has 0 amide bonds. The number of methoxy groups -OCH3 is 1. The van der Waals surface area contributed by atoms with Crippen LogP contribution in [-0.4, -0.2) is 28.2 Å². The molecule has 0 aliphatic rings. The third-order valence-electron chi connectivity index (χ3n) is 4.68. The average molecular weight is 376 g/mol. The van der Waals surface area contributed by atoms with Crippen LogP contribution in [0.25, 0.3) is 22.5 Å². The minimum atomic E-state index is -0.944. The smallest absolute Gasteiger partial charge is 0.335 e. The summed E-state index contributed by atoms with van der Waals surface area (Å²) in [7, 11) is 1.65. The van der Waals surface area contributed by atoms with Crippen molar-refractivity contribution in [3.8, 4) is 28.3 Å². The first-order chi connectivity index (χ1) is 13.5. The van der Waals surface area contributed by atoms with E-state index >= 15 is 0 Å². The van der Waals surface area contributed by atoms with E-state index in [-0.39, 0.29) is 5.56 Å². The minimum absolute atomic E-state index is 0.251.